The van der Waals surface area contributed by atoms with Crippen LogP contribution in [0.15, 0.2) is 48.5 Å². The first-order valence-corrected chi connectivity index (χ1v) is 15.3. The van der Waals surface area contributed by atoms with E-state index in [1.54, 1.807) is 60.5 Å². The van der Waals surface area contributed by atoms with Crippen molar-refractivity contribution in [2.75, 3.05) is 37.5 Å². The van der Waals surface area contributed by atoms with Gasteiger partial charge in [-0.3, -0.25) is 14.4 Å². The third-order valence-electron chi connectivity index (χ3n) is 9.44. The smallest absolute Gasteiger partial charge is 0.250 e. The number of nitrogens with one attached hydrogen (secondary N) is 2. The van der Waals surface area contributed by atoms with Crippen molar-refractivity contribution in [2.24, 2.45) is 17.8 Å². The lowest BCUT2D eigenvalue weighted by Gasteiger charge is -2.36. The summed E-state index contributed by atoms with van der Waals surface area (Å²) in [7, 11) is 1.58. The Kier molecular flexibility index (Phi) is 8.99. The maximum Gasteiger partial charge on any atom is 0.250 e. The minimum absolute atomic E-state index is 0.0616. The summed E-state index contributed by atoms with van der Waals surface area (Å²) >= 11 is 0. The number of hydrogen-bond acceptors (Lipinski definition) is 7. The summed E-state index contributed by atoms with van der Waals surface area (Å²) in [5, 5.41) is 15.2. The number of unbranched alkanes of at least 4 members (excludes halogenated alkanes) is 3. The number of anilines is 2. The number of amides is 3. The van der Waals surface area contributed by atoms with Gasteiger partial charge in [-0.15, -0.1) is 0 Å². The number of likely N-dealkylation sites (tertiary alicyclic amines) is 1. The third kappa shape index (κ3) is 5.58. The molecule has 232 valence electrons. The van der Waals surface area contributed by atoms with Crippen LogP contribution in [0.25, 0.3) is 0 Å². The Labute approximate surface area is 253 Å². The maximum atomic E-state index is 14.3. The SMILES string of the molecule is CCOc1ccc(NC(=O)[C@@H]2[C@H]3C(=O)N(CCCCCCO)C(C(=O)Nc4ccc(OC)cc4)C34CC(C)[C@@]2(C)O4)cc1. The molecule has 3 aliphatic heterocycles. The van der Waals surface area contributed by atoms with Crippen LogP contribution in [0.3, 0.4) is 0 Å². The van der Waals surface area contributed by atoms with Crippen molar-refractivity contribution in [1.82, 2.24) is 4.90 Å². The van der Waals surface area contributed by atoms with E-state index in [1.165, 1.54) is 0 Å². The predicted molar refractivity (Wildman–Crippen MR) is 162 cm³/mol. The molecule has 3 fully saturated rings. The Morgan fingerprint density at radius 3 is 2.19 bits per heavy atom. The van der Waals surface area contributed by atoms with Crippen molar-refractivity contribution in [3.05, 3.63) is 48.5 Å². The van der Waals surface area contributed by atoms with Gasteiger partial charge < -0.3 is 34.9 Å². The van der Waals surface area contributed by atoms with Gasteiger partial charge in [0, 0.05) is 24.5 Å². The highest BCUT2D eigenvalue weighted by atomic mass is 16.5. The lowest BCUT2D eigenvalue weighted by atomic mass is 9.62. The molecule has 0 saturated carbocycles. The Hall–Kier alpha value is -3.63. The lowest BCUT2D eigenvalue weighted by Crippen LogP contribution is -2.54. The fourth-order valence-corrected chi connectivity index (χ4v) is 7.33. The van der Waals surface area contributed by atoms with Crippen LogP contribution in [-0.2, 0) is 19.1 Å². The second-order valence-electron chi connectivity index (χ2n) is 12.0. The highest BCUT2D eigenvalue weighted by Crippen LogP contribution is 2.65. The van der Waals surface area contributed by atoms with E-state index in [9.17, 15) is 19.5 Å². The molecular formula is C33H43N3O7. The first-order chi connectivity index (χ1) is 20.7. The quantitative estimate of drug-likeness (QED) is 0.297. The zero-order chi connectivity index (χ0) is 30.8. The summed E-state index contributed by atoms with van der Waals surface area (Å²) in [4.78, 5) is 44.0. The minimum Gasteiger partial charge on any atom is -0.497 e. The topological polar surface area (TPSA) is 126 Å². The minimum atomic E-state index is -1.13. The predicted octanol–water partition coefficient (Wildman–Crippen LogP) is 4.23. The Balaban J connectivity index is 1.44. The van der Waals surface area contributed by atoms with Crippen LogP contribution in [0.2, 0.25) is 0 Å². The summed E-state index contributed by atoms with van der Waals surface area (Å²) in [6.45, 7) is 6.87. The van der Waals surface area contributed by atoms with E-state index >= 15 is 0 Å². The number of rotatable bonds is 13. The van der Waals surface area contributed by atoms with E-state index in [1.807, 2.05) is 20.8 Å². The fraction of sp³-hybridized carbons (Fsp3) is 0.545. The molecule has 43 heavy (non-hydrogen) atoms. The maximum absolute atomic E-state index is 14.3. The van der Waals surface area contributed by atoms with E-state index in [4.69, 9.17) is 14.2 Å². The van der Waals surface area contributed by atoms with Crippen LogP contribution in [0.4, 0.5) is 11.4 Å². The van der Waals surface area contributed by atoms with Crippen molar-refractivity contribution < 1.29 is 33.7 Å². The van der Waals surface area contributed by atoms with Gasteiger partial charge in [0.15, 0.2) is 0 Å². The number of methoxy groups -OCH3 is 1. The van der Waals surface area contributed by atoms with Gasteiger partial charge in [0.1, 0.15) is 23.1 Å². The average molecular weight is 594 g/mol. The van der Waals surface area contributed by atoms with E-state index in [2.05, 4.69) is 10.6 Å². The van der Waals surface area contributed by atoms with Crippen LogP contribution in [0.5, 0.6) is 11.5 Å². The molecule has 10 heteroatoms. The molecule has 1 spiro atoms. The highest BCUT2D eigenvalue weighted by molar-refractivity contribution is 6.05. The summed E-state index contributed by atoms with van der Waals surface area (Å²) in [6, 6.07) is 13.3. The Morgan fingerprint density at radius 2 is 1.58 bits per heavy atom. The first-order valence-electron chi connectivity index (χ1n) is 15.3. The van der Waals surface area contributed by atoms with Gasteiger partial charge in [-0.25, -0.2) is 0 Å². The second-order valence-corrected chi connectivity index (χ2v) is 12.0. The second kappa shape index (κ2) is 12.5. The largest absolute Gasteiger partial charge is 0.497 e. The fourth-order valence-electron chi connectivity index (χ4n) is 7.33. The van der Waals surface area contributed by atoms with Gasteiger partial charge in [-0.1, -0.05) is 19.8 Å². The molecule has 3 amide bonds. The lowest BCUT2D eigenvalue weighted by molar-refractivity contribution is -0.144. The Morgan fingerprint density at radius 1 is 0.977 bits per heavy atom. The number of ether oxygens (including phenoxy) is 3. The number of fused-ring (bicyclic) bond motifs is 1. The van der Waals surface area contributed by atoms with Gasteiger partial charge in [0.25, 0.3) is 0 Å². The van der Waals surface area contributed by atoms with Crippen molar-refractivity contribution in [1.29, 1.82) is 0 Å². The first kappa shape index (κ1) is 30.8. The van der Waals surface area contributed by atoms with Gasteiger partial charge in [-0.2, -0.15) is 0 Å². The number of carbonyl (C=O) groups is 3. The molecule has 2 bridgehead atoms. The summed E-state index contributed by atoms with van der Waals surface area (Å²) in [5.41, 5.74) is -0.867. The summed E-state index contributed by atoms with van der Waals surface area (Å²) in [6.07, 6.45) is 3.50. The zero-order valence-electron chi connectivity index (χ0n) is 25.4. The van der Waals surface area contributed by atoms with Gasteiger partial charge in [0.05, 0.1) is 31.2 Å². The number of aliphatic hydroxyl groups is 1. The highest BCUT2D eigenvalue weighted by Gasteiger charge is 2.79. The molecular weight excluding hydrogens is 550 g/mol. The molecule has 10 nitrogen and oxygen atoms in total. The van der Waals surface area contributed by atoms with Crippen molar-refractivity contribution in [3.8, 4) is 11.5 Å². The van der Waals surface area contributed by atoms with E-state index < -0.39 is 29.1 Å². The molecule has 2 aromatic rings. The molecule has 5 rings (SSSR count). The van der Waals surface area contributed by atoms with E-state index in [0.717, 1.165) is 12.8 Å². The van der Waals surface area contributed by atoms with Crippen molar-refractivity contribution >= 4 is 29.1 Å². The number of aliphatic hydroxyl groups excluding tert-OH is 1. The number of nitrogens with zero attached hydrogens (tertiary/aromatic N) is 1. The average Bonchev–Trinajstić information content (AvgIpc) is 3.50. The van der Waals surface area contributed by atoms with Crippen molar-refractivity contribution in [2.45, 2.75) is 70.1 Å². The Bertz CT molecular complexity index is 1320. The molecule has 3 unspecified atom stereocenters. The van der Waals surface area contributed by atoms with Gasteiger partial charge in [-0.05, 0) is 87.6 Å². The molecule has 3 N–H and O–H groups in total. The summed E-state index contributed by atoms with van der Waals surface area (Å²) < 4.78 is 17.6. The molecule has 3 aliphatic rings. The van der Waals surface area contributed by atoms with Crippen LogP contribution in [-0.4, -0.2) is 71.8 Å². The van der Waals surface area contributed by atoms with Gasteiger partial charge >= 0.3 is 0 Å². The zero-order valence-corrected chi connectivity index (χ0v) is 25.4. The van der Waals surface area contributed by atoms with Crippen molar-refractivity contribution in [3.63, 3.8) is 0 Å². The van der Waals surface area contributed by atoms with Crippen LogP contribution in [0.1, 0.15) is 52.9 Å². The molecule has 3 heterocycles. The number of carbonyl (C=O) groups excluding carboxylic acids is 3. The molecule has 0 aliphatic carbocycles. The van der Waals surface area contributed by atoms with E-state index in [-0.39, 0.29) is 30.2 Å². The summed E-state index contributed by atoms with van der Waals surface area (Å²) in [5.74, 6) is -1.11. The monoisotopic (exact) mass is 593 g/mol. The molecule has 6 atom stereocenters. The van der Waals surface area contributed by atoms with E-state index in [0.29, 0.717) is 55.3 Å². The standard InChI is InChI=1S/C33H43N3O7/c1-5-42-25-16-12-22(13-17-25)34-29(38)26-27-31(40)36(18-8-6-7-9-19-37)28(33(27)20-21(2)32(26,3)43-33)30(39)35-23-10-14-24(41-4)15-11-23/h10-17,21,26-28,37H,5-9,18-20H2,1-4H3,(H,34,38)(H,35,39)/t21?,26-,27-,28?,32+,33?/m0/s1. The van der Waals surface area contributed by atoms with Crippen LogP contribution >= 0.6 is 0 Å². The van der Waals surface area contributed by atoms with Crippen LogP contribution < -0.4 is 20.1 Å². The van der Waals surface area contributed by atoms with Crippen LogP contribution in [0, 0.1) is 17.8 Å². The molecule has 0 aromatic heterocycles. The van der Waals surface area contributed by atoms with Gasteiger partial charge in [0.2, 0.25) is 17.7 Å². The molecule has 0 radical (unpaired) electrons. The molecule has 3 saturated heterocycles. The number of benzene rings is 2. The third-order valence-corrected chi connectivity index (χ3v) is 9.44. The number of hydrogen-bond donors (Lipinski definition) is 3. The molecule has 2 aromatic carbocycles. The normalized spacial score (nSPS) is 29.0.